The van der Waals surface area contributed by atoms with Gasteiger partial charge in [-0.3, -0.25) is 4.79 Å². The molecular formula is C11H12F3NO3. The van der Waals surface area contributed by atoms with Crippen molar-refractivity contribution in [3.8, 4) is 0 Å². The third kappa shape index (κ3) is 1.77. The van der Waals surface area contributed by atoms with Crippen LogP contribution in [0, 0.1) is 0 Å². The van der Waals surface area contributed by atoms with Gasteiger partial charge in [0.25, 0.3) is 0 Å². The Balaban J connectivity index is 2.38. The molecular weight excluding hydrogens is 251 g/mol. The lowest BCUT2D eigenvalue weighted by Gasteiger charge is -2.28. The average molecular weight is 263 g/mol. The summed E-state index contributed by atoms with van der Waals surface area (Å²) in [6, 6.07) is 0. The summed E-state index contributed by atoms with van der Waals surface area (Å²) in [4.78, 5) is 24.4. The highest BCUT2D eigenvalue weighted by molar-refractivity contribution is 5.95. The van der Waals surface area contributed by atoms with Gasteiger partial charge in [-0.1, -0.05) is 0 Å². The number of carbonyl (C=O) groups excluding carboxylic acids is 2. The molecule has 0 N–H and O–H groups in total. The number of halogens is 3. The molecule has 0 aromatic rings. The molecule has 0 spiro atoms. The third-order valence-corrected chi connectivity index (χ3v) is 3.24. The summed E-state index contributed by atoms with van der Waals surface area (Å²) >= 11 is 0. The van der Waals surface area contributed by atoms with E-state index in [1.54, 1.807) is 6.92 Å². The zero-order chi connectivity index (χ0) is 13.6. The number of carbonyl (C=O) groups is 2. The zero-order valence-electron chi connectivity index (χ0n) is 9.71. The van der Waals surface area contributed by atoms with E-state index < -0.39 is 35.7 Å². The number of hydrogen-bond acceptors (Lipinski definition) is 3. The van der Waals surface area contributed by atoms with Gasteiger partial charge in [-0.05, 0) is 19.4 Å². The van der Waals surface area contributed by atoms with Gasteiger partial charge in [0.1, 0.15) is 0 Å². The third-order valence-electron chi connectivity index (χ3n) is 3.24. The van der Waals surface area contributed by atoms with Gasteiger partial charge in [0.15, 0.2) is 5.54 Å². The highest BCUT2D eigenvalue weighted by atomic mass is 19.4. The Morgan fingerprint density at radius 1 is 1.56 bits per heavy atom. The molecule has 0 aromatic heterocycles. The number of nitrogens with zero attached hydrogens (tertiary/aromatic N) is 1. The van der Waals surface area contributed by atoms with Crippen molar-refractivity contribution in [2.45, 2.75) is 31.5 Å². The van der Waals surface area contributed by atoms with Crippen LogP contribution in [0.5, 0.6) is 0 Å². The standard InChI is InChI=1S/C11H12F3NO3/c1-2-18-9(17)10-4-3-8(16)15(10)6-7(5-10)11(12,13)14/h5H,2-4,6H2,1H3. The number of esters is 1. The topological polar surface area (TPSA) is 46.6 Å². The molecule has 1 amide bonds. The van der Waals surface area contributed by atoms with Gasteiger partial charge in [0.05, 0.1) is 18.7 Å². The van der Waals surface area contributed by atoms with E-state index in [0.29, 0.717) is 0 Å². The van der Waals surface area contributed by atoms with Gasteiger partial charge >= 0.3 is 12.1 Å². The molecule has 0 aliphatic carbocycles. The SMILES string of the molecule is CCOC(=O)C12C=C(C(F)(F)F)CN1C(=O)CC2. The Hall–Kier alpha value is -1.53. The Labute approximate surface area is 101 Å². The van der Waals surface area contributed by atoms with E-state index in [9.17, 15) is 22.8 Å². The number of alkyl halides is 3. The highest BCUT2D eigenvalue weighted by Gasteiger charge is 2.57. The fourth-order valence-corrected chi connectivity index (χ4v) is 2.37. The Morgan fingerprint density at radius 2 is 2.22 bits per heavy atom. The fourth-order valence-electron chi connectivity index (χ4n) is 2.37. The van der Waals surface area contributed by atoms with Crippen molar-refractivity contribution in [3.05, 3.63) is 11.6 Å². The summed E-state index contributed by atoms with van der Waals surface area (Å²) in [5, 5.41) is 0. The van der Waals surface area contributed by atoms with Gasteiger partial charge < -0.3 is 9.64 Å². The van der Waals surface area contributed by atoms with E-state index in [1.807, 2.05) is 0 Å². The number of rotatable bonds is 2. The molecule has 1 atom stereocenters. The van der Waals surface area contributed by atoms with E-state index in [4.69, 9.17) is 4.74 Å². The second kappa shape index (κ2) is 4.00. The highest BCUT2D eigenvalue weighted by Crippen LogP contribution is 2.43. The molecule has 0 bridgehead atoms. The maximum Gasteiger partial charge on any atom is 0.414 e. The molecule has 2 aliphatic heterocycles. The average Bonchev–Trinajstić information content (AvgIpc) is 2.78. The molecule has 2 rings (SSSR count). The summed E-state index contributed by atoms with van der Waals surface area (Å²) in [6.07, 6.45) is -3.56. The van der Waals surface area contributed by atoms with Crippen molar-refractivity contribution in [2.75, 3.05) is 13.2 Å². The van der Waals surface area contributed by atoms with Crippen molar-refractivity contribution in [1.82, 2.24) is 4.90 Å². The minimum Gasteiger partial charge on any atom is -0.464 e. The smallest absolute Gasteiger partial charge is 0.414 e. The lowest BCUT2D eigenvalue weighted by atomic mass is 9.97. The molecule has 0 radical (unpaired) electrons. The van der Waals surface area contributed by atoms with Crippen LogP contribution >= 0.6 is 0 Å². The van der Waals surface area contributed by atoms with Gasteiger partial charge in [-0.25, -0.2) is 4.79 Å². The molecule has 1 unspecified atom stereocenters. The maximum absolute atomic E-state index is 12.7. The fraction of sp³-hybridized carbons (Fsp3) is 0.636. The summed E-state index contributed by atoms with van der Waals surface area (Å²) in [6.45, 7) is 1.07. The first-order chi connectivity index (χ1) is 8.31. The van der Waals surface area contributed by atoms with Crippen LogP contribution in [0.15, 0.2) is 11.6 Å². The van der Waals surface area contributed by atoms with E-state index in [0.717, 1.165) is 11.0 Å². The predicted molar refractivity (Wildman–Crippen MR) is 54.4 cm³/mol. The molecule has 2 aliphatic rings. The Morgan fingerprint density at radius 3 is 2.78 bits per heavy atom. The molecule has 0 aromatic carbocycles. The monoisotopic (exact) mass is 263 g/mol. The zero-order valence-corrected chi connectivity index (χ0v) is 9.71. The van der Waals surface area contributed by atoms with Crippen LogP contribution in [0.3, 0.4) is 0 Å². The van der Waals surface area contributed by atoms with Crippen LogP contribution in [-0.2, 0) is 14.3 Å². The Bertz CT molecular complexity index is 430. The van der Waals surface area contributed by atoms with E-state index in [2.05, 4.69) is 0 Å². The van der Waals surface area contributed by atoms with Crippen LogP contribution in [0.25, 0.3) is 0 Å². The minimum absolute atomic E-state index is 0.0459. The van der Waals surface area contributed by atoms with Crippen LogP contribution in [-0.4, -0.2) is 41.6 Å². The van der Waals surface area contributed by atoms with Gasteiger partial charge in [-0.15, -0.1) is 0 Å². The van der Waals surface area contributed by atoms with Crippen LogP contribution < -0.4 is 0 Å². The normalized spacial score (nSPS) is 27.2. The molecule has 100 valence electrons. The summed E-state index contributed by atoms with van der Waals surface area (Å²) < 4.78 is 42.8. The predicted octanol–water partition coefficient (Wildman–Crippen LogP) is 1.41. The number of hydrogen-bond donors (Lipinski definition) is 0. The van der Waals surface area contributed by atoms with Crippen LogP contribution in [0.2, 0.25) is 0 Å². The molecule has 4 nitrogen and oxygen atoms in total. The molecule has 7 heteroatoms. The minimum atomic E-state index is -4.52. The summed E-state index contributed by atoms with van der Waals surface area (Å²) in [5.41, 5.74) is -2.40. The van der Waals surface area contributed by atoms with Gasteiger partial charge in [0.2, 0.25) is 5.91 Å². The maximum atomic E-state index is 12.7. The van der Waals surface area contributed by atoms with Crippen molar-refractivity contribution in [3.63, 3.8) is 0 Å². The van der Waals surface area contributed by atoms with E-state index in [-0.39, 0.29) is 19.4 Å². The second-order valence-electron chi connectivity index (χ2n) is 4.29. The first-order valence-corrected chi connectivity index (χ1v) is 5.58. The lowest BCUT2D eigenvalue weighted by molar-refractivity contribution is -0.155. The second-order valence-corrected chi connectivity index (χ2v) is 4.29. The number of ether oxygens (including phenoxy) is 1. The van der Waals surface area contributed by atoms with E-state index in [1.165, 1.54) is 0 Å². The van der Waals surface area contributed by atoms with E-state index >= 15 is 0 Å². The summed E-state index contributed by atoms with van der Waals surface area (Å²) in [7, 11) is 0. The lowest BCUT2D eigenvalue weighted by Crippen LogP contribution is -2.48. The first kappa shape index (κ1) is 12.9. The Kier molecular flexibility index (Phi) is 2.87. The molecule has 0 saturated carbocycles. The largest absolute Gasteiger partial charge is 0.464 e. The molecule has 1 fully saturated rings. The van der Waals surface area contributed by atoms with Crippen molar-refractivity contribution >= 4 is 11.9 Å². The van der Waals surface area contributed by atoms with Gasteiger partial charge in [0, 0.05) is 6.42 Å². The summed E-state index contributed by atoms with van der Waals surface area (Å²) in [5.74, 6) is -1.23. The van der Waals surface area contributed by atoms with Gasteiger partial charge in [-0.2, -0.15) is 13.2 Å². The first-order valence-electron chi connectivity index (χ1n) is 5.58. The van der Waals surface area contributed by atoms with Crippen molar-refractivity contribution < 1.29 is 27.5 Å². The van der Waals surface area contributed by atoms with Crippen LogP contribution in [0.4, 0.5) is 13.2 Å². The number of amides is 1. The molecule has 1 saturated heterocycles. The molecule has 18 heavy (non-hydrogen) atoms. The molecule has 2 heterocycles. The van der Waals surface area contributed by atoms with Crippen LogP contribution in [0.1, 0.15) is 19.8 Å². The quantitative estimate of drug-likeness (QED) is 0.559. The van der Waals surface area contributed by atoms with Crippen molar-refractivity contribution in [1.29, 1.82) is 0 Å². The van der Waals surface area contributed by atoms with Crippen molar-refractivity contribution in [2.24, 2.45) is 0 Å². The number of fused-ring (bicyclic) bond motifs is 1.